The van der Waals surface area contributed by atoms with Gasteiger partial charge in [0.25, 0.3) is 0 Å². The molecule has 15 heteroatoms. The number of aliphatic hydroxyl groups excluding tert-OH is 1. The minimum absolute atomic E-state index is 0.0173. The summed E-state index contributed by atoms with van der Waals surface area (Å²) in [6.07, 6.45) is -2.49. The number of fused-ring (bicyclic) bond motifs is 1. The van der Waals surface area contributed by atoms with Gasteiger partial charge >= 0.3 is 6.09 Å². The fourth-order valence-electron chi connectivity index (χ4n) is 4.35. The van der Waals surface area contributed by atoms with Crippen LogP contribution in [0, 0.1) is 0 Å². The van der Waals surface area contributed by atoms with Crippen LogP contribution in [0.1, 0.15) is 47.1 Å². The number of hydroxylamine groups is 1. The van der Waals surface area contributed by atoms with Crippen LogP contribution in [0.4, 0.5) is 21.9 Å². The highest BCUT2D eigenvalue weighted by molar-refractivity contribution is 7.93. The first-order valence-electron chi connectivity index (χ1n) is 12.8. The number of hydrogen-bond acceptors (Lipinski definition) is 12. The van der Waals surface area contributed by atoms with Crippen molar-refractivity contribution < 1.29 is 36.3 Å². The van der Waals surface area contributed by atoms with Gasteiger partial charge in [0.2, 0.25) is 20.3 Å². The van der Waals surface area contributed by atoms with Crippen LogP contribution in [-0.2, 0) is 35.8 Å². The zero-order valence-electron chi connectivity index (χ0n) is 24.2. The highest BCUT2D eigenvalue weighted by Gasteiger charge is 2.51. The lowest BCUT2D eigenvalue weighted by atomic mass is 10.2. The van der Waals surface area contributed by atoms with Gasteiger partial charge in [-0.25, -0.2) is 26.7 Å². The Bertz CT molecular complexity index is 1490. The van der Waals surface area contributed by atoms with Gasteiger partial charge in [0, 0.05) is 12.8 Å². The number of hydrogen-bond donors (Lipinski definition) is 4. The Kier molecular flexibility index (Phi) is 8.92. The number of benzene rings is 2. The molecule has 1 aliphatic rings. The molecule has 1 aliphatic heterocycles. The lowest BCUT2D eigenvalue weighted by molar-refractivity contribution is 0.0398. The van der Waals surface area contributed by atoms with Gasteiger partial charge in [0.15, 0.2) is 9.84 Å². The molecule has 0 fully saturated rings. The maximum atomic E-state index is 14.0. The highest BCUT2D eigenvalue weighted by Crippen LogP contribution is 2.49. The smallest absolute Gasteiger partial charge is 0.410 e. The first-order valence-corrected chi connectivity index (χ1v) is 16.2. The predicted octanol–water partition coefficient (Wildman–Crippen LogP) is 2.06. The molecular formula is C26H39N5O8S2. The largest absolute Gasteiger partial charge is 0.444 e. The summed E-state index contributed by atoms with van der Waals surface area (Å²) in [6.45, 7) is 9.30. The first kappa shape index (κ1) is 32.4. The van der Waals surface area contributed by atoms with Crippen molar-refractivity contribution in [3.05, 3.63) is 48.0 Å². The van der Waals surface area contributed by atoms with Crippen LogP contribution >= 0.6 is 0 Å². The van der Waals surface area contributed by atoms with Crippen molar-refractivity contribution in [2.45, 2.75) is 81.3 Å². The van der Waals surface area contributed by atoms with Gasteiger partial charge in [-0.2, -0.15) is 0 Å². The van der Waals surface area contributed by atoms with E-state index in [1.54, 1.807) is 39.5 Å². The van der Waals surface area contributed by atoms with Gasteiger partial charge < -0.3 is 20.5 Å². The maximum absolute atomic E-state index is 14.0. The molecule has 41 heavy (non-hydrogen) atoms. The number of nitrogens with zero attached hydrogens (tertiary/aromatic N) is 2. The molecule has 6 N–H and O–H groups in total. The molecule has 1 heterocycles. The van der Waals surface area contributed by atoms with Gasteiger partial charge in [-0.3, -0.25) is 15.9 Å². The molecule has 0 bridgehead atoms. The normalized spacial score (nSPS) is 18.1. The molecule has 0 spiro atoms. The standard InChI is InChI=1S/C26H39N5O8S2/c1-16(2)39-31-22-19(30(24(31)40(7,34)35)15-18-11-9-8-10-12-18)13-14-20(21(22)27)41(36,37)26(28,17(3)32)29-23(33)38-25(4,5)6/h8-14,16-17,24,32H,15,27-28H2,1-7H3,(H,29,33)/t17-,24?,26+/m1/s1. The lowest BCUT2D eigenvalue weighted by Gasteiger charge is -2.34. The van der Waals surface area contributed by atoms with Crippen LogP contribution in [-0.4, -0.2) is 62.6 Å². The zero-order valence-corrected chi connectivity index (χ0v) is 25.8. The average Bonchev–Trinajstić information content (AvgIpc) is 3.11. The molecule has 0 radical (unpaired) electrons. The topological polar surface area (TPSA) is 195 Å². The molecule has 2 aromatic rings. The van der Waals surface area contributed by atoms with E-state index >= 15 is 0 Å². The highest BCUT2D eigenvalue weighted by atomic mass is 32.2. The van der Waals surface area contributed by atoms with E-state index in [9.17, 15) is 26.7 Å². The quantitative estimate of drug-likeness (QED) is 0.238. The van der Waals surface area contributed by atoms with Gasteiger partial charge in [0.05, 0.1) is 22.4 Å². The van der Waals surface area contributed by atoms with E-state index in [1.807, 2.05) is 30.3 Å². The number of carbonyl (C=O) groups is 1. The molecule has 0 saturated carbocycles. The van der Waals surface area contributed by atoms with Gasteiger partial charge in [-0.05, 0) is 59.2 Å². The SMILES string of the molecule is CC(C)ON1c2c(ccc(S(=O)(=O)[C@@](N)(NC(=O)OC(C)(C)C)[C@@H](C)O)c2N)N(Cc2ccccc2)C1S(C)(=O)=O. The molecule has 1 unspecified atom stereocenters. The third-order valence-electron chi connectivity index (χ3n) is 6.11. The summed E-state index contributed by atoms with van der Waals surface area (Å²) in [5.74, 6) is 0. The van der Waals surface area contributed by atoms with E-state index in [0.29, 0.717) is 5.69 Å². The maximum Gasteiger partial charge on any atom is 0.410 e. The number of sulfone groups is 2. The minimum atomic E-state index is -4.84. The van der Waals surface area contributed by atoms with Crippen molar-refractivity contribution >= 4 is 42.8 Å². The molecule has 0 saturated heterocycles. The summed E-state index contributed by atoms with van der Waals surface area (Å²) >= 11 is 0. The summed E-state index contributed by atoms with van der Waals surface area (Å²) in [5.41, 5.74) is 10.9. The number of nitrogens with two attached hydrogens (primary N) is 2. The van der Waals surface area contributed by atoms with E-state index in [-0.39, 0.29) is 17.9 Å². The van der Waals surface area contributed by atoms with Gasteiger partial charge in [0.1, 0.15) is 17.4 Å². The lowest BCUT2D eigenvalue weighted by Crippen LogP contribution is -2.67. The third kappa shape index (κ3) is 6.54. The number of rotatable bonds is 9. The van der Waals surface area contributed by atoms with Crippen LogP contribution in [0.25, 0.3) is 0 Å². The second-order valence-corrected chi connectivity index (χ2v) is 15.4. The fourth-order valence-corrected chi connectivity index (χ4v) is 7.17. The second-order valence-electron chi connectivity index (χ2n) is 11.2. The molecule has 1 amide bonds. The van der Waals surface area contributed by atoms with E-state index in [4.69, 9.17) is 21.0 Å². The summed E-state index contributed by atoms with van der Waals surface area (Å²) in [4.78, 5) is 16.7. The molecular weight excluding hydrogens is 574 g/mol. The van der Waals surface area contributed by atoms with Crippen molar-refractivity contribution in [3.8, 4) is 0 Å². The number of aliphatic hydroxyl groups is 1. The summed E-state index contributed by atoms with van der Waals surface area (Å²) in [6, 6.07) is 11.6. The number of amides is 1. The molecule has 228 valence electrons. The summed E-state index contributed by atoms with van der Waals surface area (Å²) in [5, 5.41) is 13.6. The third-order valence-corrected chi connectivity index (χ3v) is 9.59. The Morgan fingerprint density at radius 3 is 2.15 bits per heavy atom. The van der Waals surface area contributed by atoms with Crippen LogP contribution in [0.15, 0.2) is 47.4 Å². The van der Waals surface area contributed by atoms with Crippen LogP contribution in [0.2, 0.25) is 0 Å². The van der Waals surface area contributed by atoms with Gasteiger partial charge in [-0.15, -0.1) is 0 Å². The molecule has 13 nitrogen and oxygen atoms in total. The minimum Gasteiger partial charge on any atom is -0.444 e. The number of nitrogens with one attached hydrogen (secondary N) is 1. The Balaban J connectivity index is 2.23. The number of anilines is 3. The van der Waals surface area contributed by atoms with E-state index in [1.165, 1.54) is 6.07 Å². The monoisotopic (exact) mass is 613 g/mol. The van der Waals surface area contributed by atoms with Crippen molar-refractivity contribution in [3.63, 3.8) is 0 Å². The van der Waals surface area contributed by atoms with Crippen molar-refractivity contribution in [2.75, 3.05) is 22.0 Å². The summed E-state index contributed by atoms with van der Waals surface area (Å²) < 4.78 is 59.4. The molecule has 0 aromatic heterocycles. The number of nitrogen functional groups attached to an aromatic ring is 1. The molecule has 0 aliphatic carbocycles. The zero-order chi connectivity index (χ0) is 31.1. The second kappa shape index (κ2) is 11.3. The van der Waals surface area contributed by atoms with Crippen molar-refractivity contribution in [2.24, 2.45) is 5.73 Å². The molecule has 2 aromatic carbocycles. The molecule has 3 atom stereocenters. The van der Waals surface area contributed by atoms with Crippen LogP contribution < -0.4 is 26.7 Å². The summed E-state index contributed by atoms with van der Waals surface area (Å²) in [7, 11) is -8.73. The van der Waals surface area contributed by atoms with E-state index in [2.05, 4.69) is 5.32 Å². The van der Waals surface area contributed by atoms with Crippen LogP contribution in [0.3, 0.4) is 0 Å². The Morgan fingerprint density at radius 1 is 1.07 bits per heavy atom. The van der Waals surface area contributed by atoms with Crippen molar-refractivity contribution in [1.82, 2.24) is 5.32 Å². The van der Waals surface area contributed by atoms with Crippen LogP contribution in [0.5, 0.6) is 0 Å². The number of alkyl carbamates (subject to hydrolysis) is 1. The number of ether oxygens (including phenoxy) is 1. The van der Waals surface area contributed by atoms with Crippen molar-refractivity contribution in [1.29, 1.82) is 0 Å². The fraction of sp³-hybridized carbons (Fsp3) is 0.500. The average molecular weight is 614 g/mol. The Hall–Kier alpha value is -3.11. The van der Waals surface area contributed by atoms with E-state index < -0.39 is 59.0 Å². The van der Waals surface area contributed by atoms with E-state index in [0.717, 1.165) is 29.9 Å². The Labute approximate surface area is 241 Å². The first-order chi connectivity index (χ1) is 18.7. The number of carbonyl (C=O) groups excluding carboxylic acids is 1. The Morgan fingerprint density at radius 2 is 1.66 bits per heavy atom. The predicted molar refractivity (Wildman–Crippen MR) is 156 cm³/mol. The molecule has 3 rings (SSSR count). The van der Waals surface area contributed by atoms with Gasteiger partial charge in [-0.1, -0.05) is 30.3 Å².